The van der Waals surface area contributed by atoms with Crippen molar-refractivity contribution in [2.24, 2.45) is 5.92 Å². The van der Waals surface area contributed by atoms with E-state index in [0.717, 1.165) is 46.7 Å². The molecule has 0 radical (unpaired) electrons. The minimum absolute atomic E-state index is 0.118. The topological polar surface area (TPSA) is 81.2 Å². The molecule has 7 heteroatoms. The molecule has 2 unspecified atom stereocenters. The van der Waals surface area contributed by atoms with Crippen molar-refractivity contribution in [3.63, 3.8) is 0 Å². The lowest BCUT2D eigenvalue weighted by molar-refractivity contribution is 0.0391. The number of aromatic hydroxyl groups is 1. The van der Waals surface area contributed by atoms with E-state index in [9.17, 15) is 5.11 Å². The highest BCUT2D eigenvalue weighted by Gasteiger charge is 2.41. The van der Waals surface area contributed by atoms with E-state index < -0.39 is 0 Å². The van der Waals surface area contributed by atoms with Crippen molar-refractivity contribution in [1.82, 2.24) is 25.3 Å². The second-order valence-corrected chi connectivity index (χ2v) is 11.7. The summed E-state index contributed by atoms with van der Waals surface area (Å²) in [6.07, 6.45) is 2.89. The number of aromatic nitrogens is 4. The molecule has 1 saturated heterocycles. The number of benzene rings is 1. The fourth-order valence-corrected chi connectivity index (χ4v) is 5.31. The van der Waals surface area contributed by atoms with Crippen LogP contribution in [-0.2, 0) is 5.41 Å². The third kappa shape index (κ3) is 4.54. The van der Waals surface area contributed by atoms with Crippen LogP contribution in [-0.4, -0.2) is 62.6 Å². The maximum Gasteiger partial charge on any atom is 0.151 e. The fraction of sp³-hybridized carbons (Fsp3) is 0.536. The van der Waals surface area contributed by atoms with Crippen molar-refractivity contribution in [2.45, 2.75) is 71.9 Å². The van der Waals surface area contributed by atoms with E-state index in [2.05, 4.69) is 91.9 Å². The Balaban J connectivity index is 1.69. The van der Waals surface area contributed by atoms with Gasteiger partial charge in [0.25, 0.3) is 0 Å². The van der Waals surface area contributed by atoms with E-state index in [-0.39, 0.29) is 16.7 Å². The largest absolute Gasteiger partial charge is 0.507 e. The fourth-order valence-electron chi connectivity index (χ4n) is 5.31. The first kappa shape index (κ1) is 25.2. The maximum atomic E-state index is 11.2. The van der Waals surface area contributed by atoms with Crippen molar-refractivity contribution in [1.29, 1.82) is 0 Å². The van der Waals surface area contributed by atoms with Crippen LogP contribution in [0, 0.1) is 12.8 Å². The van der Waals surface area contributed by atoms with Gasteiger partial charge in [0.1, 0.15) is 5.75 Å². The number of hydrogen-bond acceptors (Lipinski definition) is 6. The van der Waals surface area contributed by atoms with Crippen molar-refractivity contribution < 1.29 is 5.11 Å². The monoisotopic (exact) mass is 476 g/mol. The van der Waals surface area contributed by atoms with Crippen molar-refractivity contribution in [2.75, 3.05) is 25.5 Å². The molecule has 1 aliphatic rings. The first-order chi connectivity index (χ1) is 16.3. The predicted molar refractivity (Wildman–Crippen MR) is 143 cm³/mol. The zero-order chi connectivity index (χ0) is 25.7. The molecular weight excluding hydrogens is 436 g/mol. The van der Waals surface area contributed by atoms with Gasteiger partial charge in [-0.2, -0.15) is 5.10 Å². The molecular formula is C28H40N6O. The van der Waals surface area contributed by atoms with Gasteiger partial charge in [0, 0.05) is 42.0 Å². The first-order valence-electron chi connectivity index (χ1n) is 12.5. The summed E-state index contributed by atoms with van der Waals surface area (Å²) >= 11 is 0. The van der Waals surface area contributed by atoms with Crippen LogP contribution in [0.15, 0.2) is 30.5 Å². The van der Waals surface area contributed by atoms with Crippen LogP contribution >= 0.6 is 0 Å². The SMILES string of the molecule is Cc1[nH]ncc1-c1cc(O)c(-c2ccc(N(C)C3CCN(C)C(C)(C)C3C)nn2)c(C(C)(C)C)c1. The summed E-state index contributed by atoms with van der Waals surface area (Å²) in [4.78, 5) is 4.72. The Hall–Kier alpha value is -2.93. The van der Waals surface area contributed by atoms with Gasteiger partial charge in [0.2, 0.25) is 0 Å². The first-order valence-corrected chi connectivity index (χ1v) is 12.5. The molecule has 4 rings (SSSR count). The van der Waals surface area contributed by atoms with Gasteiger partial charge in [-0.05, 0) is 81.0 Å². The molecule has 7 nitrogen and oxygen atoms in total. The second kappa shape index (κ2) is 8.94. The van der Waals surface area contributed by atoms with Crippen molar-refractivity contribution in [3.05, 3.63) is 41.7 Å². The van der Waals surface area contributed by atoms with Gasteiger partial charge in [0.05, 0.1) is 11.9 Å². The predicted octanol–water partition coefficient (Wildman–Crippen LogP) is 5.40. The number of H-pyrrole nitrogens is 1. The molecule has 2 atom stereocenters. The van der Waals surface area contributed by atoms with Crippen LogP contribution in [0.2, 0.25) is 0 Å². The average Bonchev–Trinajstić information content (AvgIpc) is 3.22. The molecule has 2 aromatic heterocycles. The number of hydrogen-bond donors (Lipinski definition) is 2. The minimum Gasteiger partial charge on any atom is -0.507 e. The number of piperidine rings is 1. The Labute approximate surface area is 209 Å². The van der Waals surface area contributed by atoms with E-state index in [4.69, 9.17) is 0 Å². The Morgan fingerprint density at radius 3 is 2.46 bits per heavy atom. The zero-order valence-corrected chi connectivity index (χ0v) is 22.6. The lowest BCUT2D eigenvalue weighted by Gasteiger charge is -2.51. The van der Waals surface area contributed by atoms with E-state index in [0.29, 0.717) is 17.7 Å². The van der Waals surface area contributed by atoms with Crippen LogP contribution in [0.1, 0.15) is 59.2 Å². The Morgan fingerprint density at radius 2 is 1.89 bits per heavy atom. The molecule has 1 aromatic carbocycles. The van der Waals surface area contributed by atoms with Crippen LogP contribution in [0.25, 0.3) is 22.4 Å². The zero-order valence-electron chi connectivity index (χ0n) is 22.6. The molecule has 3 heterocycles. The van der Waals surface area contributed by atoms with E-state index in [1.807, 2.05) is 19.1 Å². The summed E-state index contributed by atoms with van der Waals surface area (Å²) in [5, 5.41) is 27.5. The molecule has 3 aromatic rings. The molecule has 0 bridgehead atoms. The number of phenolic OH excluding ortho intramolecular Hbond substituents is 1. The number of nitrogens with zero attached hydrogens (tertiary/aromatic N) is 5. The van der Waals surface area contributed by atoms with E-state index in [1.54, 1.807) is 12.3 Å². The number of anilines is 1. The molecule has 1 aliphatic heterocycles. The average molecular weight is 477 g/mol. The smallest absolute Gasteiger partial charge is 0.151 e. The molecule has 35 heavy (non-hydrogen) atoms. The standard InChI is InChI=1S/C28H40N6O/c1-17-23(12-13-33(8)28(17,6)7)34(9)25-11-10-22(31-32-25)26-21(27(3,4)5)14-19(15-24(26)35)20-16-29-30-18(20)2/h10-11,14-17,23,35H,12-13H2,1-9H3,(H,29,30). The molecule has 0 spiro atoms. The molecule has 0 amide bonds. The summed E-state index contributed by atoms with van der Waals surface area (Å²) in [6.45, 7) is 16.5. The lowest BCUT2D eigenvalue weighted by Crippen LogP contribution is -2.59. The Morgan fingerprint density at radius 1 is 1.17 bits per heavy atom. The number of likely N-dealkylation sites (tertiary alicyclic amines) is 1. The summed E-state index contributed by atoms with van der Waals surface area (Å²) in [6, 6.07) is 8.33. The van der Waals surface area contributed by atoms with Crippen LogP contribution in [0.4, 0.5) is 5.82 Å². The maximum absolute atomic E-state index is 11.2. The normalized spacial score (nSPS) is 20.7. The third-order valence-electron chi connectivity index (χ3n) is 8.27. The van der Waals surface area contributed by atoms with Crippen LogP contribution in [0.3, 0.4) is 0 Å². The number of aromatic amines is 1. The molecule has 188 valence electrons. The Kier molecular flexibility index (Phi) is 6.43. The lowest BCUT2D eigenvalue weighted by atomic mass is 9.77. The molecule has 2 N–H and O–H groups in total. The number of phenols is 1. The van der Waals surface area contributed by atoms with E-state index in [1.165, 1.54) is 0 Å². The third-order valence-corrected chi connectivity index (χ3v) is 8.27. The van der Waals surface area contributed by atoms with Gasteiger partial charge in [-0.25, -0.2) is 0 Å². The van der Waals surface area contributed by atoms with Crippen LogP contribution in [0.5, 0.6) is 5.75 Å². The van der Waals surface area contributed by atoms with Crippen molar-refractivity contribution in [3.8, 4) is 28.1 Å². The molecule has 0 saturated carbocycles. The van der Waals surface area contributed by atoms with Gasteiger partial charge in [-0.3, -0.25) is 5.10 Å². The highest BCUT2D eigenvalue weighted by atomic mass is 16.3. The molecule has 1 fully saturated rings. The van der Waals surface area contributed by atoms with Gasteiger partial charge in [-0.15, -0.1) is 10.2 Å². The number of rotatable bonds is 4. The highest BCUT2D eigenvalue weighted by Crippen LogP contribution is 2.42. The van der Waals surface area contributed by atoms with Crippen LogP contribution < -0.4 is 4.90 Å². The van der Waals surface area contributed by atoms with Crippen molar-refractivity contribution >= 4 is 5.82 Å². The van der Waals surface area contributed by atoms with E-state index >= 15 is 0 Å². The summed E-state index contributed by atoms with van der Waals surface area (Å²) < 4.78 is 0. The summed E-state index contributed by atoms with van der Waals surface area (Å²) in [5.74, 6) is 1.53. The van der Waals surface area contributed by atoms with Gasteiger partial charge < -0.3 is 14.9 Å². The Bertz CT molecular complexity index is 1190. The highest BCUT2D eigenvalue weighted by molar-refractivity contribution is 5.79. The second-order valence-electron chi connectivity index (χ2n) is 11.7. The van der Waals surface area contributed by atoms with Gasteiger partial charge in [-0.1, -0.05) is 27.7 Å². The number of nitrogens with one attached hydrogen (secondary N) is 1. The molecule has 0 aliphatic carbocycles. The summed E-state index contributed by atoms with van der Waals surface area (Å²) in [5.41, 5.74) is 5.24. The number of aryl methyl sites for hydroxylation is 1. The van der Waals surface area contributed by atoms with Gasteiger partial charge >= 0.3 is 0 Å². The minimum atomic E-state index is -0.202. The van der Waals surface area contributed by atoms with Gasteiger partial charge in [0.15, 0.2) is 5.82 Å². The quantitative estimate of drug-likeness (QED) is 0.525. The summed E-state index contributed by atoms with van der Waals surface area (Å²) in [7, 11) is 4.33.